The van der Waals surface area contributed by atoms with E-state index in [1.165, 1.54) is 41.4 Å². The molecule has 0 bridgehead atoms. The van der Waals surface area contributed by atoms with E-state index in [0.717, 1.165) is 0 Å². The van der Waals surface area contributed by atoms with Crippen LogP contribution in [0.15, 0.2) is 18.2 Å². The Labute approximate surface area is 103 Å². The van der Waals surface area contributed by atoms with Gasteiger partial charge >= 0.3 is 0 Å². The third-order valence-corrected chi connectivity index (χ3v) is 4.12. The number of rotatable bonds is 1. The van der Waals surface area contributed by atoms with Crippen molar-refractivity contribution in [2.45, 2.75) is 32.2 Å². The molecule has 3 rings (SSSR count). The predicted octanol–water partition coefficient (Wildman–Crippen LogP) is 2.90. The Hall–Kier alpha value is -1.28. The number of likely N-dealkylation sites (N-methyl/N-ethyl adjacent to an activating group) is 1. The molecule has 1 aliphatic carbocycles. The number of hydrogen-bond donors (Lipinski definition) is 1. The molecule has 0 spiro atoms. The van der Waals surface area contributed by atoms with Gasteiger partial charge in [0.05, 0.1) is 0 Å². The van der Waals surface area contributed by atoms with E-state index in [2.05, 4.69) is 49.1 Å². The molecule has 1 N–H and O–H groups in total. The first-order valence-electron chi connectivity index (χ1n) is 6.42. The average Bonchev–Trinajstić information content (AvgIpc) is 2.67. The van der Waals surface area contributed by atoms with Gasteiger partial charge < -0.3 is 9.88 Å². The summed E-state index contributed by atoms with van der Waals surface area (Å²) in [4.78, 5) is 5.96. The van der Waals surface area contributed by atoms with Gasteiger partial charge in [-0.1, -0.05) is 12.1 Å². The SMILES string of the molecule is Cc1cccc2[nH]c3c(c12)C[C@H](N(C)C)CC3. The Morgan fingerprint density at radius 2 is 2.12 bits per heavy atom. The standard InChI is InChI=1S/C15H20N2/c1-10-5-4-6-14-15(10)12-9-11(17(2)3)7-8-13(12)16-14/h4-6,11,16H,7-9H2,1-3H3/t11-/m1/s1. The molecule has 0 aliphatic heterocycles. The minimum atomic E-state index is 0.695. The van der Waals surface area contributed by atoms with E-state index in [4.69, 9.17) is 0 Å². The van der Waals surface area contributed by atoms with Gasteiger partial charge in [-0.3, -0.25) is 0 Å². The third-order valence-electron chi connectivity index (χ3n) is 4.12. The van der Waals surface area contributed by atoms with Crippen molar-refractivity contribution in [2.24, 2.45) is 0 Å². The molecule has 1 aliphatic rings. The zero-order valence-corrected chi connectivity index (χ0v) is 10.9. The van der Waals surface area contributed by atoms with Gasteiger partial charge in [0.15, 0.2) is 0 Å². The lowest BCUT2D eigenvalue weighted by Gasteiger charge is -2.28. The smallest absolute Gasteiger partial charge is 0.0461 e. The first kappa shape index (κ1) is 10.8. The van der Waals surface area contributed by atoms with Crippen LogP contribution in [0.4, 0.5) is 0 Å². The minimum Gasteiger partial charge on any atom is -0.358 e. The molecular formula is C15H20N2. The van der Waals surface area contributed by atoms with E-state index < -0.39 is 0 Å². The Balaban J connectivity index is 2.14. The maximum Gasteiger partial charge on any atom is 0.0461 e. The number of fused-ring (bicyclic) bond motifs is 3. The van der Waals surface area contributed by atoms with Crippen LogP contribution in [-0.4, -0.2) is 30.0 Å². The van der Waals surface area contributed by atoms with E-state index in [0.29, 0.717) is 6.04 Å². The Morgan fingerprint density at radius 3 is 2.88 bits per heavy atom. The van der Waals surface area contributed by atoms with Crippen molar-refractivity contribution in [3.63, 3.8) is 0 Å². The minimum absolute atomic E-state index is 0.695. The summed E-state index contributed by atoms with van der Waals surface area (Å²) in [6, 6.07) is 7.26. The van der Waals surface area contributed by atoms with Crippen molar-refractivity contribution >= 4 is 10.9 Å². The van der Waals surface area contributed by atoms with Gasteiger partial charge in [0, 0.05) is 22.6 Å². The summed E-state index contributed by atoms with van der Waals surface area (Å²) in [5.41, 5.74) is 5.74. The number of hydrogen-bond acceptors (Lipinski definition) is 1. The molecule has 0 unspecified atom stereocenters. The Bertz CT molecular complexity index is 551. The molecule has 1 aromatic carbocycles. The second-order valence-corrected chi connectivity index (χ2v) is 5.44. The van der Waals surface area contributed by atoms with Crippen LogP contribution < -0.4 is 0 Å². The van der Waals surface area contributed by atoms with Crippen LogP contribution in [0.2, 0.25) is 0 Å². The molecule has 0 saturated carbocycles. The van der Waals surface area contributed by atoms with Crippen LogP contribution in [0.3, 0.4) is 0 Å². The summed E-state index contributed by atoms with van der Waals surface area (Å²) in [6.07, 6.45) is 3.64. The van der Waals surface area contributed by atoms with Crippen molar-refractivity contribution in [2.75, 3.05) is 14.1 Å². The number of aromatic nitrogens is 1. The molecule has 90 valence electrons. The van der Waals surface area contributed by atoms with Crippen LogP contribution in [0, 0.1) is 6.92 Å². The molecule has 0 saturated heterocycles. The fraction of sp³-hybridized carbons (Fsp3) is 0.467. The van der Waals surface area contributed by atoms with Crippen LogP contribution in [-0.2, 0) is 12.8 Å². The molecule has 0 fully saturated rings. The van der Waals surface area contributed by atoms with Crippen LogP contribution in [0.1, 0.15) is 23.2 Å². The van der Waals surface area contributed by atoms with Gasteiger partial charge in [0.1, 0.15) is 0 Å². The van der Waals surface area contributed by atoms with Crippen LogP contribution in [0.25, 0.3) is 10.9 Å². The molecule has 0 amide bonds. The van der Waals surface area contributed by atoms with Crippen LogP contribution >= 0.6 is 0 Å². The van der Waals surface area contributed by atoms with Gasteiger partial charge in [0.25, 0.3) is 0 Å². The molecular weight excluding hydrogens is 208 g/mol. The average molecular weight is 228 g/mol. The molecule has 17 heavy (non-hydrogen) atoms. The molecule has 2 nitrogen and oxygen atoms in total. The van der Waals surface area contributed by atoms with E-state index >= 15 is 0 Å². The molecule has 0 radical (unpaired) electrons. The number of aromatic amines is 1. The highest BCUT2D eigenvalue weighted by atomic mass is 15.1. The number of nitrogens with one attached hydrogen (secondary N) is 1. The highest BCUT2D eigenvalue weighted by Gasteiger charge is 2.24. The number of nitrogens with zero attached hydrogens (tertiary/aromatic N) is 1. The summed E-state index contributed by atoms with van der Waals surface area (Å²) < 4.78 is 0. The topological polar surface area (TPSA) is 19.0 Å². The van der Waals surface area contributed by atoms with Gasteiger partial charge in [-0.25, -0.2) is 0 Å². The molecule has 2 aromatic rings. The lowest BCUT2D eigenvalue weighted by Crippen LogP contribution is -2.33. The second-order valence-electron chi connectivity index (χ2n) is 5.44. The maximum absolute atomic E-state index is 3.60. The first-order valence-corrected chi connectivity index (χ1v) is 6.42. The van der Waals surface area contributed by atoms with Gasteiger partial charge in [-0.15, -0.1) is 0 Å². The van der Waals surface area contributed by atoms with Crippen molar-refractivity contribution in [3.8, 4) is 0 Å². The normalized spacial score (nSPS) is 19.9. The Morgan fingerprint density at radius 1 is 1.29 bits per heavy atom. The summed E-state index contributed by atoms with van der Waals surface area (Å²) in [6.45, 7) is 2.22. The van der Waals surface area contributed by atoms with Gasteiger partial charge in [-0.05, 0) is 57.5 Å². The van der Waals surface area contributed by atoms with E-state index in [1.54, 1.807) is 5.56 Å². The summed E-state index contributed by atoms with van der Waals surface area (Å²) in [5.74, 6) is 0. The molecule has 1 heterocycles. The summed E-state index contributed by atoms with van der Waals surface area (Å²) in [5, 5.41) is 1.47. The van der Waals surface area contributed by atoms with E-state index in [1.807, 2.05) is 0 Å². The van der Waals surface area contributed by atoms with Crippen molar-refractivity contribution < 1.29 is 0 Å². The zero-order valence-electron chi connectivity index (χ0n) is 10.9. The second kappa shape index (κ2) is 3.88. The highest BCUT2D eigenvalue weighted by molar-refractivity contribution is 5.88. The number of benzene rings is 1. The number of aryl methyl sites for hydroxylation is 2. The zero-order chi connectivity index (χ0) is 12.0. The fourth-order valence-corrected chi connectivity index (χ4v) is 3.09. The Kier molecular flexibility index (Phi) is 2.48. The molecule has 1 atom stereocenters. The fourth-order valence-electron chi connectivity index (χ4n) is 3.09. The first-order chi connectivity index (χ1) is 8.16. The monoisotopic (exact) mass is 228 g/mol. The van der Waals surface area contributed by atoms with Crippen molar-refractivity contribution in [1.29, 1.82) is 0 Å². The van der Waals surface area contributed by atoms with Gasteiger partial charge in [-0.2, -0.15) is 0 Å². The molecule has 2 heteroatoms. The van der Waals surface area contributed by atoms with Crippen LogP contribution in [0.5, 0.6) is 0 Å². The molecule has 1 aromatic heterocycles. The summed E-state index contributed by atoms with van der Waals surface area (Å²) in [7, 11) is 4.38. The maximum atomic E-state index is 3.60. The third kappa shape index (κ3) is 1.67. The lowest BCUT2D eigenvalue weighted by atomic mass is 9.90. The van der Waals surface area contributed by atoms with Crippen molar-refractivity contribution in [1.82, 2.24) is 9.88 Å². The van der Waals surface area contributed by atoms with E-state index in [9.17, 15) is 0 Å². The lowest BCUT2D eigenvalue weighted by molar-refractivity contribution is 0.268. The summed E-state index contributed by atoms with van der Waals surface area (Å²) >= 11 is 0. The quantitative estimate of drug-likeness (QED) is 0.795. The highest BCUT2D eigenvalue weighted by Crippen LogP contribution is 2.32. The largest absolute Gasteiger partial charge is 0.358 e. The van der Waals surface area contributed by atoms with Gasteiger partial charge in [0.2, 0.25) is 0 Å². The van der Waals surface area contributed by atoms with Crippen molar-refractivity contribution in [3.05, 3.63) is 35.0 Å². The number of H-pyrrole nitrogens is 1. The van der Waals surface area contributed by atoms with E-state index in [-0.39, 0.29) is 0 Å². The predicted molar refractivity (Wildman–Crippen MR) is 72.5 cm³/mol.